The lowest BCUT2D eigenvalue weighted by Gasteiger charge is -2.13. The van der Waals surface area contributed by atoms with E-state index in [1.807, 2.05) is 26.8 Å². The molecule has 0 saturated heterocycles. The molecule has 24 heavy (non-hydrogen) atoms. The van der Waals surface area contributed by atoms with Gasteiger partial charge in [0.2, 0.25) is 5.91 Å². The number of amides is 1. The Bertz CT molecular complexity index is 966. The van der Waals surface area contributed by atoms with Crippen LogP contribution in [0.3, 0.4) is 0 Å². The fraction of sp³-hybridized carbons (Fsp3) is 0.375. The molecular weight excluding hydrogens is 310 g/mol. The summed E-state index contributed by atoms with van der Waals surface area (Å²) in [5.41, 5.74) is 1.13. The van der Waals surface area contributed by atoms with E-state index in [1.54, 1.807) is 7.05 Å². The monoisotopic (exact) mass is 329 g/mol. The standard InChI is InChI=1S/C16H19N5O3/c1-9-5-12(11(3)24-9)10(2)19-14(22)7-21-8-17-15-13(16(21)23)6-18-20(15)4/h5-6,8,10H,7H2,1-4H3,(H,19,22). The van der Waals surface area contributed by atoms with Gasteiger partial charge < -0.3 is 9.73 Å². The molecule has 0 radical (unpaired) electrons. The Labute approximate surface area is 138 Å². The van der Waals surface area contributed by atoms with E-state index >= 15 is 0 Å². The number of nitrogens with one attached hydrogen (secondary N) is 1. The van der Waals surface area contributed by atoms with Crippen molar-refractivity contribution in [2.24, 2.45) is 7.05 Å². The summed E-state index contributed by atoms with van der Waals surface area (Å²) in [5.74, 6) is 1.30. The zero-order chi connectivity index (χ0) is 17.4. The van der Waals surface area contributed by atoms with Gasteiger partial charge in [0.15, 0.2) is 5.65 Å². The molecule has 0 saturated carbocycles. The normalized spacial score (nSPS) is 12.5. The fourth-order valence-corrected chi connectivity index (χ4v) is 2.78. The molecule has 0 spiro atoms. The van der Waals surface area contributed by atoms with E-state index in [-0.39, 0.29) is 24.1 Å². The lowest BCUT2D eigenvalue weighted by molar-refractivity contribution is -0.122. The largest absolute Gasteiger partial charge is 0.466 e. The molecule has 1 unspecified atom stereocenters. The average Bonchev–Trinajstić information content (AvgIpc) is 3.05. The Morgan fingerprint density at radius 3 is 2.83 bits per heavy atom. The van der Waals surface area contributed by atoms with Crippen LogP contribution in [0, 0.1) is 13.8 Å². The maximum absolute atomic E-state index is 12.4. The quantitative estimate of drug-likeness (QED) is 0.776. The second-order valence-electron chi connectivity index (χ2n) is 5.84. The average molecular weight is 329 g/mol. The van der Waals surface area contributed by atoms with Gasteiger partial charge in [0.05, 0.1) is 12.2 Å². The number of aryl methyl sites for hydroxylation is 3. The molecule has 1 amide bonds. The number of nitrogens with zero attached hydrogens (tertiary/aromatic N) is 4. The summed E-state index contributed by atoms with van der Waals surface area (Å²) in [4.78, 5) is 28.8. The second-order valence-corrected chi connectivity index (χ2v) is 5.84. The van der Waals surface area contributed by atoms with Crippen LogP contribution in [0.15, 0.2) is 27.8 Å². The number of fused-ring (bicyclic) bond motifs is 1. The van der Waals surface area contributed by atoms with Gasteiger partial charge in [-0.2, -0.15) is 5.10 Å². The summed E-state index contributed by atoms with van der Waals surface area (Å²) in [6.45, 7) is 5.49. The highest BCUT2D eigenvalue weighted by atomic mass is 16.3. The Morgan fingerprint density at radius 1 is 1.42 bits per heavy atom. The van der Waals surface area contributed by atoms with Crippen LogP contribution >= 0.6 is 0 Å². The van der Waals surface area contributed by atoms with Crippen LogP contribution in [0.2, 0.25) is 0 Å². The van der Waals surface area contributed by atoms with Crippen LogP contribution < -0.4 is 10.9 Å². The summed E-state index contributed by atoms with van der Waals surface area (Å²) in [6, 6.07) is 1.69. The summed E-state index contributed by atoms with van der Waals surface area (Å²) in [7, 11) is 1.71. The van der Waals surface area contributed by atoms with Crippen LogP contribution in [0.4, 0.5) is 0 Å². The highest BCUT2D eigenvalue weighted by Crippen LogP contribution is 2.21. The minimum absolute atomic E-state index is 0.100. The van der Waals surface area contributed by atoms with Crippen LogP contribution in [0.25, 0.3) is 11.0 Å². The summed E-state index contributed by atoms with van der Waals surface area (Å²) in [6.07, 6.45) is 2.82. The molecule has 0 aromatic carbocycles. The molecule has 3 aromatic rings. The van der Waals surface area contributed by atoms with E-state index in [9.17, 15) is 9.59 Å². The highest BCUT2D eigenvalue weighted by molar-refractivity contribution is 5.77. The Hall–Kier alpha value is -2.90. The first kappa shape index (κ1) is 16.0. The highest BCUT2D eigenvalue weighted by Gasteiger charge is 2.16. The molecule has 1 N–H and O–H groups in total. The van der Waals surface area contributed by atoms with Crippen molar-refractivity contribution >= 4 is 16.9 Å². The molecule has 0 bridgehead atoms. The number of furan rings is 1. The lowest BCUT2D eigenvalue weighted by atomic mass is 10.1. The summed E-state index contributed by atoms with van der Waals surface area (Å²) < 4.78 is 8.28. The van der Waals surface area contributed by atoms with E-state index in [0.717, 1.165) is 17.1 Å². The molecule has 126 valence electrons. The van der Waals surface area contributed by atoms with Gasteiger partial charge >= 0.3 is 0 Å². The minimum Gasteiger partial charge on any atom is -0.466 e. The topological polar surface area (TPSA) is 95.0 Å². The summed E-state index contributed by atoms with van der Waals surface area (Å²) in [5, 5.41) is 7.27. The van der Waals surface area contributed by atoms with Crippen molar-refractivity contribution in [1.82, 2.24) is 24.6 Å². The maximum Gasteiger partial charge on any atom is 0.264 e. The Balaban J connectivity index is 1.76. The number of carbonyl (C=O) groups excluding carboxylic acids is 1. The molecular formula is C16H19N5O3. The van der Waals surface area contributed by atoms with Crippen LogP contribution in [0.5, 0.6) is 0 Å². The van der Waals surface area contributed by atoms with E-state index < -0.39 is 0 Å². The van der Waals surface area contributed by atoms with Gasteiger partial charge in [0, 0.05) is 12.6 Å². The van der Waals surface area contributed by atoms with E-state index in [4.69, 9.17) is 4.42 Å². The van der Waals surface area contributed by atoms with Crippen LogP contribution in [-0.2, 0) is 18.4 Å². The van der Waals surface area contributed by atoms with Crippen LogP contribution in [0.1, 0.15) is 30.0 Å². The van der Waals surface area contributed by atoms with Gasteiger partial charge in [-0.15, -0.1) is 0 Å². The lowest BCUT2D eigenvalue weighted by Crippen LogP contribution is -2.34. The first-order valence-electron chi connectivity index (χ1n) is 7.60. The van der Waals surface area contributed by atoms with Crippen molar-refractivity contribution in [1.29, 1.82) is 0 Å². The molecule has 0 fully saturated rings. The number of hydrogen-bond acceptors (Lipinski definition) is 5. The first-order valence-corrected chi connectivity index (χ1v) is 7.60. The predicted octanol–water partition coefficient (Wildman–Crippen LogP) is 1.22. The molecule has 0 aliphatic heterocycles. The third-order valence-corrected chi connectivity index (χ3v) is 3.96. The third kappa shape index (κ3) is 2.82. The fourth-order valence-electron chi connectivity index (χ4n) is 2.78. The Morgan fingerprint density at radius 2 is 2.17 bits per heavy atom. The van der Waals surface area contributed by atoms with Crippen molar-refractivity contribution in [2.75, 3.05) is 0 Å². The van der Waals surface area contributed by atoms with Gasteiger partial charge in [-0.05, 0) is 26.8 Å². The van der Waals surface area contributed by atoms with E-state index in [2.05, 4.69) is 15.4 Å². The molecule has 3 aromatic heterocycles. The first-order chi connectivity index (χ1) is 11.4. The van der Waals surface area contributed by atoms with Gasteiger partial charge in [0.1, 0.15) is 29.8 Å². The third-order valence-electron chi connectivity index (χ3n) is 3.96. The number of rotatable bonds is 4. The Kier molecular flexibility index (Phi) is 3.96. The zero-order valence-electron chi connectivity index (χ0n) is 14.0. The van der Waals surface area contributed by atoms with E-state index in [0.29, 0.717) is 11.0 Å². The van der Waals surface area contributed by atoms with Crippen molar-refractivity contribution in [2.45, 2.75) is 33.4 Å². The SMILES string of the molecule is Cc1cc(C(C)NC(=O)Cn2cnc3c(cnn3C)c2=O)c(C)o1. The molecule has 3 heterocycles. The number of hydrogen-bond donors (Lipinski definition) is 1. The maximum atomic E-state index is 12.4. The van der Waals surface area contributed by atoms with Gasteiger partial charge in [-0.25, -0.2) is 4.98 Å². The molecule has 8 nitrogen and oxygen atoms in total. The predicted molar refractivity (Wildman–Crippen MR) is 87.5 cm³/mol. The molecule has 3 rings (SSSR count). The number of carbonyl (C=O) groups is 1. The molecule has 8 heteroatoms. The van der Waals surface area contributed by atoms with Crippen molar-refractivity contribution < 1.29 is 9.21 Å². The van der Waals surface area contributed by atoms with Gasteiger partial charge in [-0.1, -0.05) is 0 Å². The second kappa shape index (κ2) is 5.95. The number of aromatic nitrogens is 4. The molecule has 0 aliphatic carbocycles. The van der Waals surface area contributed by atoms with Crippen LogP contribution in [-0.4, -0.2) is 25.2 Å². The minimum atomic E-state index is -0.286. The van der Waals surface area contributed by atoms with Gasteiger partial charge in [0.25, 0.3) is 5.56 Å². The van der Waals surface area contributed by atoms with Crippen molar-refractivity contribution in [3.8, 4) is 0 Å². The van der Waals surface area contributed by atoms with E-state index in [1.165, 1.54) is 21.8 Å². The molecule has 1 atom stereocenters. The smallest absolute Gasteiger partial charge is 0.264 e. The van der Waals surface area contributed by atoms with Crippen molar-refractivity contribution in [3.63, 3.8) is 0 Å². The van der Waals surface area contributed by atoms with Crippen molar-refractivity contribution in [3.05, 3.63) is 46.0 Å². The zero-order valence-corrected chi connectivity index (χ0v) is 14.0. The van der Waals surface area contributed by atoms with Gasteiger partial charge in [-0.3, -0.25) is 18.8 Å². The molecule has 0 aliphatic rings. The summed E-state index contributed by atoms with van der Waals surface area (Å²) >= 11 is 0.